The molecule has 2 N–H and O–H groups in total. The minimum Gasteiger partial charge on any atom is -0.476 e. The molecule has 1 saturated heterocycles. The summed E-state index contributed by atoms with van der Waals surface area (Å²) in [6.07, 6.45) is 11.3. The molecule has 2 aliphatic heterocycles. The summed E-state index contributed by atoms with van der Waals surface area (Å²) < 4.78 is 3.20. The third-order valence-corrected chi connectivity index (χ3v) is 12.5. The Labute approximate surface area is 307 Å². The number of fused-ring (bicyclic) bond motifs is 2. The molecule has 3 atom stereocenters. The molecule has 1 amide bonds. The number of carboxylic acid groups (broad SMARTS) is 1. The van der Waals surface area contributed by atoms with Crippen LogP contribution in [0.3, 0.4) is 0 Å². The van der Waals surface area contributed by atoms with E-state index in [4.69, 9.17) is 4.98 Å². The van der Waals surface area contributed by atoms with Gasteiger partial charge in [0.15, 0.2) is 10.8 Å². The first kappa shape index (κ1) is 34.1. The number of rotatable bonds is 8. The number of amides is 1. The highest BCUT2D eigenvalue weighted by molar-refractivity contribution is 7.22. The number of nitriles is 1. The lowest BCUT2D eigenvalue weighted by Gasteiger charge is -2.53. The number of piperidine rings is 1. The maximum absolute atomic E-state index is 13.6. The monoisotopic (exact) mass is 713 g/mol. The Bertz CT molecular complexity index is 2150. The van der Waals surface area contributed by atoms with Crippen molar-refractivity contribution in [2.45, 2.75) is 70.5 Å². The number of para-hydroxylation sites is 1. The van der Waals surface area contributed by atoms with E-state index in [-0.39, 0.29) is 23.1 Å². The Balaban J connectivity index is 1.04. The first-order chi connectivity index (χ1) is 25.3. The summed E-state index contributed by atoms with van der Waals surface area (Å²) in [6.45, 7) is 6.30. The second-order valence-corrected chi connectivity index (χ2v) is 15.7. The van der Waals surface area contributed by atoms with Gasteiger partial charge in [-0.1, -0.05) is 48.9 Å². The van der Waals surface area contributed by atoms with Crippen LogP contribution in [0.2, 0.25) is 0 Å². The molecule has 2 fully saturated rings. The molecule has 3 aromatic heterocycles. The highest BCUT2D eigenvalue weighted by Crippen LogP contribution is 2.44. The number of aromatic nitrogens is 3. The third kappa shape index (κ3) is 6.46. The number of pyridine rings is 1. The minimum absolute atomic E-state index is 0.00392. The van der Waals surface area contributed by atoms with Gasteiger partial charge in [0, 0.05) is 60.2 Å². The van der Waals surface area contributed by atoms with Crippen LogP contribution in [-0.4, -0.2) is 61.6 Å². The molecule has 0 bridgehead atoms. The lowest BCUT2D eigenvalue weighted by Crippen LogP contribution is -2.59. The van der Waals surface area contributed by atoms with E-state index in [1.54, 1.807) is 0 Å². The van der Waals surface area contributed by atoms with Gasteiger partial charge in [0.25, 0.3) is 5.91 Å². The van der Waals surface area contributed by atoms with E-state index in [9.17, 15) is 20.0 Å². The summed E-state index contributed by atoms with van der Waals surface area (Å²) in [5.41, 5.74) is 4.70. The number of likely N-dealkylation sites (tertiary alicyclic amines) is 1. The van der Waals surface area contributed by atoms with E-state index in [0.29, 0.717) is 47.5 Å². The summed E-state index contributed by atoms with van der Waals surface area (Å²) >= 11 is 1.44. The van der Waals surface area contributed by atoms with Crippen LogP contribution < -0.4 is 10.2 Å². The predicted molar refractivity (Wildman–Crippen MR) is 204 cm³/mol. The molecule has 3 unspecified atom stereocenters. The summed E-state index contributed by atoms with van der Waals surface area (Å²) in [5, 5.41) is 23.9. The average Bonchev–Trinajstić information content (AvgIpc) is 3.81. The number of carbonyl (C=O) groups excluding carboxylic acids is 1. The van der Waals surface area contributed by atoms with Gasteiger partial charge in [0.1, 0.15) is 5.82 Å². The van der Waals surface area contributed by atoms with E-state index in [0.717, 1.165) is 65.8 Å². The van der Waals surface area contributed by atoms with Gasteiger partial charge in [0.05, 0.1) is 16.3 Å². The second kappa shape index (κ2) is 14.2. The number of aromatic carboxylic acids is 1. The van der Waals surface area contributed by atoms with Crippen LogP contribution in [0.4, 0.5) is 10.9 Å². The molecule has 3 aliphatic rings. The fourth-order valence-corrected chi connectivity index (χ4v) is 9.64. The molecule has 1 saturated carbocycles. The van der Waals surface area contributed by atoms with Crippen molar-refractivity contribution in [2.75, 3.05) is 29.9 Å². The van der Waals surface area contributed by atoms with Crippen molar-refractivity contribution in [3.05, 3.63) is 95.4 Å². The van der Waals surface area contributed by atoms with Gasteiger partial charge in [-0.2, -0.15) is 5.26 Å². The van der Waals surface area contributed by atoms with Crippen LogP contribution in [0.25, 0.3) is 21.3 Å². The molecule has 0 spiro atoms. The van der Waals surface area contributed by atoms with Crippen molar-refractivity contribution in [2.24, 2.45) is 11.8 Å². The standard InChI is InChI=1S/C41H43N7O3S/c1-27-12-13-28(23-42)22-41(27,48-18-5-2-6-19-48)26-46-20-16-30(24-46)31-14-15-36(44-37(31)39(50)51)47-21-17-29-8-7-9-32(33(29)25-47)38(49)45-40-43-34-10-3-4-11-35(34)52-40/h3-4,7-11,14-16,20,24,27-28H,2,5-6,12-13,17-19,21-22,25-26H2,1H3,(H,50,51)(H,43,45,49). The number of thiazole rings is 1. The molecular weight excluding hydrogens is 671 g/mol. The normalized spacial score (nSPS) is 22.1. The minimum atomic E-state index is -1.08. The molecule has 0 radical (unpaired) electrons. The smallest absolute Gasteiger partial charge is 0.355 e. The Hall–Kier alpha value is -5.05. The van der Waals surface area contributed by atoms with Gasteiger partial charge in [-0.15, -0.1) is 0 Å². The maximum atomic E-state index is 13.6. The fourth-order valence-electron chi connectivity index (χ4n) is 8.78. The number of anilines is 2. The summed E-state index contributed by atoms with van der Waals surface area (Å²) in [4.78, 5) is 40.3. The van der Waals surface area contributed by atoms with Crippen LogP contribution in [-0.2, 0) is 19.5 Å². The van der Waals surface area contributed by atoms with Crippen LogP contribution in [0.1, 0.15) is 77.4 Å². The first-order valence-electron chi connectivity index (χ1n) is 18.4. The zero-order valence-electron chi connectivity index (χ0n) is 29.4. The lowest BCUT2D eigenvalue weighted by atomic mass is 9.68. The zero-order valence-corrected chi connectivity index (χ0v) is 30.2. The molecule has 266 valence electrons. The predicted octanol–water partition coefficient (Wildman–Crippen LogP) is 7.86. The van der Waals surface area contributed by atoms with Gasteiger partial charge in [0.2, 0.25) is 0 Å². The van der Waals surface area contributed by atoms with Gasteiger partial charge < -0.3 is 14.6 Å². The van der Waals surface area contributed by atoms with Gasteiger partial charge in [-0.25, -0.2) is 14.8 Å². The fraction of sp³-hybridized carbons (Fsp3) is 0.390. The van der Waals surface area contributed by atoms with E-state index in [1.807, 2.05) is 67.0 Å². The average molecular weight is 714 g/mol. The first-order valence-corrected chi connectivity index (χ1v) is 19.2. The van der Waals surface area contributed by atoms with Crippen LogP contribution in [0.15, 0.2) is 73.1 Å². The third-order valence-electron chi connectivity index (χ3n) is 11.6. The topological polar surface area (TPSA) is 127 Å². The number of hydrogen-bond donors (Lipinski definition) is 2. The van der Waals surface area contributed by atoms with Crippen molar-refractivity contribution in [1.29, 1.82) is 5.26 Å². The number of hydrogen-bond acceptors (Lipinski definition) is 8. The summed E-state index contributed by atoms with van der Waals surface area (Å²) in [7, 11) is 0. The quantitative estimate of drug-likeness (QED) is 0.166. The summed E-state index contributed by atoms with van der Waals surface area (Å²) in [5.74, 6) is -0.236. The van der Waals surface area contributed by atoms with E-state index >= 15 is 0 Å². The second-order valence-electron chi connectivity index (χ2n) is 14.7. The molecule has 5 aromatic rings. The van der Waals surface area contributed by atoms with Gasteiger partial charge >= 0.3 is 5.97 Å². The molecule has 11 heteroatoms. The molecule has 10 nitrogen and oxygen atoms in total. The van der Waals surface area contributed by atoms with Crippen molar-refractivity contribution < 1.29 is 14.7 Å². The van der Waals surface area contributed by atoms with Crippen LogP contribution in [0, 0.1) is 23.2 Å². The molecule has 5 heterocycles. The number of benzene rings is 2. The Kier molecular flexibility index (Phi) is 9.28. The maximum Gasteiger partial charge on any atom is 0.355 e. The molecular formula is C41H43N7O3S. The van der Waals surface area contributed by atoms with Crippen LogP contribution in [0.5, 0.6) is 0 Å². The number of carboxylic acids is 1. The Morgan fingerprint density at radius 3 is 2.67 bits per heavy atom. The summed E-state index contributed by atoms with van der Waals surface area (Å²) in [6, 6.07) is 21.9. The molecule has 8 rings (SSSR count). The highest BCUT2D eigenvalue weighted by atomic mass is 32.1. The van der Waals surface area contributed by atoms with E-state index < -0.39 is 5.97 Å². The highest BCUT2D eigenvalue weighted by Gasteiger charge is 2.46. The molecule has 52 heavy (non-hydrogen) atoms. The molecule has 1 aliphatic carbocycles. The largest absolute Gasteiger partial charge is 0.476 e. The zero-order chi connectivity index (χ0) is 35.8. The number of nitrogens with one attached hydrogen (secondary N) is 1. The number of nitrogens with zero attached hydrogens (tertiary/aromatic N) is 6. The Morgan fingerprint density at radius 1 is 1.02 bits per heavy atom. The SMILES string of the molecule is CC1CCC(C#N)CC1(Cn1ccc(-c2ccc(N3CCc4cccc(C(=O)Nc5nc6ccccc6s5)c4C3)nc2C(=O)O)c1)N1CCCCC1. The van der Waals surface area contributed by atoms with E-state index in [1.165, 1.54) is 30.6 Å². The number of carbonyl (C=O) groups is 2. The van der Waals surface area contributed by atoms with Crippen molar-refractivity contribution >= 4 is 44.4 Å². The van der Waals surface area contributed by atoms with Crippen molar-refractivity contribution in [3.63, 3.8) is 0 Å². The Morgan fingerprint density at radius 2 is 1.87 bits per heavy atom. The van der Waals surface area contributed by atoms with Gasteiger partial charge in [-0.3, -0.25) is 15.0 Å². The van der Waals surface area contributed by atoms with Crippen LogP contribution >= 0.6 is 11.3 Å². The lowest BCUT2D eigenvalue weighted by molar-refractivity contribution is -0.0292. The van der Waals surface area contributed by atoms with Gasteiger partial charge in [-0.05, 0) is 105 Å². The molecule has 2 aromatic carbocycles. The van der Waals surface area contributed by atoms with Crippen molar-refractivity contribution in [1.82, 2.24) is 19.4 Å². The van der Waals surface area contributed by atoms with Crippen molar-refractivity contribution in [3.8, 4) is 17.2 Å². The van der Waals surface area contributed by atoms with E-state index in [2.05, 4.69) is 43.7 Å².